The highest BCUT2D eigenvalue weighted by atomic mass is 32.2. The summed E-state index contributed by atoms with van der Waals surface area (Å²) in [5.74, 6) is 0.903. The normalized spacial score (nSPS) is 21.7. The van der Waals surface area contributed by atoms with Crippen LogP contribution in [-0.4, -0.2) is 59.8 Å². The summed E-state index contributed by atoms with van der Waals surface area (Å²) in [7, 11) is -4.05. The number of halogens is 1. The van der Waals surface area contributed by atoms with Crippen LogP contribution >= 0.6 is 0 Å². The predicted octanol–water partition coefficient (Wildman–Crippen LogP) is 0.497. The molecule has 0 saturated carbocycles. The van der Waals surface area contributed by atoms with E-state index in [0.29, 0.717) is 5.56 Å². The van der Waals surface area contributed by atoms with E-state index in [2.05, 4.69) is 10.9 Å². The highest BCUT2D eigenvalue weighted by molar-refractivity contribution is 7.89. The van der Waals surface area contributed by atoms with Crippen molar-refractivity contribution in [3.05, 3.63) is 53.5 Å². The second-order valence-electron chi connectivity index (χ2n) is 6.85. The molecule has 1 aliphatic heterocycles. The summed E-state index contributed by atoms with van der Waals surface area (Å²) < 4.78 is 46.0. The third-order valence-electron chi connectivity index (χ3n) is 4.93. The molecule has 0 bridgehead atoms. The lowest BCUT2D eigenvalue weighted by Gasteiger charge is -2.26. The van der Waals surface area contributed by atoms with Crippen LogP contribution in [0, 0.1) is 35.4 Å². The molecule has 156 valence electrons. The first-order valence-electron chi connectivity index (χ1n) is 8.82. The Morgan fingerprint density at radius 3 is 2.73 bits per heavy atom. The van der Waals surface area contributed by atoms with Gasteiger partial charge in [0, 0.05) is 36.8 Å². The average molecular weight is 431 g/mol. The molecule has 1 aromatic carbocycles. The van der Waals surface area contributed by atoms with Gasteiger partial charge in [-0.15, -0.1) is 6.42 Å². The third kappa shape index (κ3) is 4.13. The number of terminal acetylenes is 1. The first-order chi connectivity index (χ1) is 14.2. The number of hydrogen-bond acceptors (Lipinski definition) is 7. The zero-order valence-electron chi connectivity index (χ0n) is 15.7. The first kappa shape index (κ1) is 21.7. The number of aliphatic hydroxyl groups is 2. The number of rotatable bonds is 6. The van der Waals surface area contributed by atoms with Gasteiger partial charge < -0.3 is 14.9 Å². The van der Waals surface area contributed by atoms with Gasteiger partial charge in [-0.25, -0.2) is 17.8 Å². The lowest BCUT2D eigenvalue weighted by atomic mass is 9.92. The fraction of sp³-hybridized carbons (Fsp3) is 0.300. The molecule has 1 aliphatic rings. The Balaban J connectivity index is 1.77. The molecule has 1 saturated heterocycles. The van der Waals surface area contributed by atoms with Gasteiger partial charge in [0.1, 0.15) is 23.2 Å². The third-order valence-corrected chi connectivity index (χ3v) is 6.66. The number of pyridine rings is 1. The molecule has 3 rings (SSSR count). The van der Waals surface area contributed by atoms with E-state index < -0.39 is 34.0 Å². The van der Waals surface area contributed by atoms with Gasteiger partial charge in [-0.2, -0.15) is 9.57 Å². The maximum absolute atomic E-state index is 13.7. The topological polar surface area (TPSA) is 124 Å². The molecule has 30 heavy (non-hydrogen) atoms. The van der Waals surface area contributed by atoms with Gasteiger partial charge in [-0.1, -0.05) is 5.92 Å². The smallest absolute Gasteiger partial charge is 0.260 e. The number of nitriles is 1. The number of aliphatic hydroxyl groups excluding tert-OH is 1. The molecule has 2 aromatic rings. The molecule has 1 fully saturated rings. The number of β-amino-alcohol motifs (C(OH)–C–C–N with tert-alkyl or cyclic N) is 1. The van der Waals surface area contributed by atoms with Crippen LogP contribution in [0.25, 0.3) is 0 Å². The van der Waals surface area contributed by atoms with E-state index in [0.717, 1.165) is 10.4 Å². The van der Waals surface area contributed by atoms with Crippen molar-refractivity contribution in [3.8, 4) is 24.2 Å². The molecule has 0 unspecified atom stereocenters. The van der Waals surface area contributed by atoms with E-state index in [4.69, 9.17) is 16.4 Å². The highest BCUT2D eigenvalue weighted by Crippen LogP contribution is 2.32. The maximum Gasteiger partial charge on any atom is 0.260 e. The van der Waals surface area contributed by atoms with Gasteiger partial charge in [0.25, 0.3) is 10.0 Å². The maximum atomic E-state index is 13.7. The van der Waals surface area contributed by atoms with Gasteiger partial charge in [0.05, 0.1) is 18.8 Å². The van der Waals surface area contributed by atoms with E-state index in [1.165, 1.54) is 30.5 Å². The van der Waals surface area contributed by atoms with E-state index >= 15 is 0 Å². The quantitative estimate of drug-likeness (QED) is 0.638. The fourth-order valence-corrected chi connectivity index (χ4v) is 4.57. The molecule has 0 amide bonds. The summed E-state index contributed by atoms with van der Waals surface area (Å²) in [6, 6.07) is 8.07. The molecule has 0 spiro atoms. The Morgan fingerprint density at radius 1 is 1.40 bits per heavy atom. The Bertz CT molecular complexity index is 1120. The monoisotopic (exact) mass is 431 g/mol. The minimum Gasteiger partial charge on any atom is -0.493 e. The Kier molecular flexibility index (Phi) is 6.06. The van der Waals surface area contributed by atoms with Crippen molar-refractivity contribution in [2.24, 2.45) is 5.92 Å². The first-order valence-corrected chi connectivity index (χ1v) is 10.3. The lowest BCUT2D eigenvalue weighted by Crippen LogP contribution is -2.44. The number of ether oxygens (including phenoxy) is 1. The summed E-state index contributed by atoms with van der Waals surface area (Å²) in [4.78, 5) is 3.87. The SMILES string of the molecule is C#Cc1ccc(S(=O)(=O)N2C[C@H](COc3ccc(C#N)c(F)c3)[C@](O)(CO)C2)nc1. The Hall–Kier alpha value is -3.02. The van der Waals surface area contributed by atoms with Crippen molar-refractivity contribution in [3.63, 3.8) is 0 Å². The average Bonchev–Trinajstić information content (AvgIpc) is 3.10. The van der Waals surface area contributed by atoms with Crippen LogP contribution in [-0.2, 0) is 10.0 Å². The summed E-state index contributed by atoms with van der Waals surface area (Å²) in [6.07, 6.45) is 6.50. The number of nitrogens with zero attached hydrogens (tertiary/aromatic N) is 3. The van der Waals surface area contributed by atoms with E-state index in [-0.39, 0.29) is 36.0 Å². The minimum absolute atomic E-state index is 0.111. The number of aromatic nitrogens is 1. The second-order valence-corrected chi connectivity index (χ2v) is 8.73. The van der Waals surface area contributed by atoms with Gasteiger partial charge in [-0.3, -0.25) is 0 Å². The van der Waals surface area contributed by atoms with Gasteiger partial charge >= 0.3 is 0 Å². The molecule has 2 atom stereocenters. The zero-order chi connectivity index (χ0) is 21.9. The van der Waals surface area contributed by atoms with Crippen LogP contribution in [0.3, 0.4) is 0 Å². The van der Waals surface area contributed by atoms with Crippen molar-refractivity contribution < 1.29 is 27.8 Å². The van der Waals surface area contributed by atoms with Crippen LogP contribution in [0.4, 0.5) is 4.39 Å². The Labute approximate surface area is 173 Å². The number of sulfonamides is 1. The molecule has 2 heterocycles. The van der Waals surface area contributed by atoms with Gasteiger partial charge in [0.15, 0.2) is 5.03 Å². The highest BCUT2D eigenvalue weighted by Gasteiger charge is 2.49. The summed E-state index contributed by atoms with van der Waals surface area (Å²) in [5, 5.41) is 28.9. The second kappa shape index (κ2) is 8.38. The zero-order valence-corrected chi connectivity index (χ0v) is 16.5. The van der Waals surface area contributed by atoms with Crippen molar-refractivity contribution in [1.82, 2.24) is 9.29 Å². The molecule has 0 radical (unpaired) electrons. The molecular weight excluding hydrogens is 413 g/mol. The summed E-state index contributed by atoms with van der Waals surface area (Å²) in [5.41, 5.74) is -1.48. The fourth-order valence-electron chi connectivity index (χ4n) is 3.11. The Morgan fingerprint density at radius 2 is 2.17 bits per heavy atom. The lowest BCUT2D eigenvalue weighted by molar-refractivity contribution is -0.0452. The van der Waals surface area contributed by atoms with E-state index in [1.54, 1.807) is 6.07 Å². The number of hydrogen-bond donors (Lipinski definition) is 2. The van der Waals surface area contributed by atoms with Crippen LogP contribution in [0.2, 0.25) is 0 Å². The summed E-state index contributed by atoms with van der Waals surface area (Å²) in [6.45, 7) is -1.38. The molecule has 2 N–H and O–H groups in total. The predicted molar refractivity (Wildman–Crippen MR) is 103 cm³/mol. The van der Waals surface area contributed by atoms with E-state index in [1.807, 2.05) is 0 Å². The minimum atomic E-state index is -4.05. The van der Waals surface area contributed by atoms with Crippen LogP contribution < -0.4 is 4.74 Å². The molecule has 0 aliphatic carbocycles. The van der Waals surface area contributed by atoms with E-state index in [9.17, 15) is 23.0 Å². The molecule has 8 nitrogen and oxygen atoms in total. The summed E-state index contributed by atoms with van der Waals surface area (Å²) >= 11 is 0. The van der Waals surface area contributed by atoms with Crippen LogP contribution in [0.5, 0.6) is 5.75 Å². The molecule has 10 heteroatoms. The van der Waals surface area contributed by atoms with Crippen molar-refractivity contribution in [2.45, 2.75) is 10.6 Å². The van der Waals surface area contributed by atoms with Gasteiger partial charge in [0.2, 0.25) is 0 Å². The van der Waals surface area contributed by atoms with Crippen molar-refractivity contribution in [1.29, 1.82) is 5.26 Å². The van der Waals surface area contributed by atoms with Crippen molar-refractivity contribution in [2.75, 3.05) is 26.3 Å². The number of benzene rings is 1. The molecular formula is C20H18FN3O5S. The standard InChI is InChI=1S/C20H18FN3O5S/c1-2-14-3-6-19(23-9-14)30(27,28)24-10-16(20(26,12-24)13-25)11-29-17-5-4-15(8-22)18(21)7-17/h1,3-7,9,16,25-26H,10-13H2/t16-,20-/m1/s1. The van der Waals surface area contributed by atoms with Crippen molar-refractivity contribution >= 4 is 10.0 Å². The van der Waals surface area contributed by atoms with Crippen LogP contribution in [0.1, 0.15) is 11.1 Å². The van der Waals surface area contributed by atoms with Gasteiger partial charge in [-0.05, 0) is 24.3 Å². The van der Waals surface area contributed by atoms with Crippen LogP contribution in [0.15, 0.2) is 41.6 Å². The molecule has 1 aromatic heterocycles. The largest absolute Gasteiger partial charge is 0.493 e.